The van der Waals surface area contributed by atoms with Crippen LogP contribution in [-0.4, -0.2) is 11.1 Å². The maximum atomic E-state index is 14.2. The molecule has 1 unspecified atom stereocenters. The molecule has 0 aliphatic carbocycles. The summed E-state index contributed by atoms with van der Waals surface area (Å²) in [6, 6.07) is 12.0. The van der Waals surface area contributed by atoms with E-state index in [1.807, 2.05) is 12.1 Å². The van der Waals surface area contributed by atoms with Gasteiger partial charge in [-0.3, -0.25) is 0 Å². The van der Waals surface area contributed by atoms with Crippen LogP contribution in [-0.2, 0) is 13.0 Å². The van der Waals surface area contributed by atoms with Crippen LogP contribution in [0.5, 0.6) is 0 Å². The normalized spacial score (nSPS) is 12.7. The summed E-state index contributed by atoms with van der Waals surface area (Å²) >= 11 is 0. The Morgan fingerprint density at radius 2 is 1.88 bits per heavy atom. The number of rotatable bonds is 5. The molecule has 126 valence electrons. The van der Waals surface area contributed by atoms with Crippen molar-refractivity contribution in [2.45, 2.75) is 32.7 Å². The van der Waals surface area contributed by atoms with Gasteiger partial charge in [-0.25, -0.2) is 8.78 Å². The minimum Gasteiger partial charge on any atom is -0.345 e. The molecule has 0 fully saturated rings. The first kappa shape index (κ1) is 16.7. The van der Waals surface area contributed by atoms with Gasteiger partial charge in [0, 0.05) is 35.1 Å². The van der Waals surface area contributed by atoms with Gasteiger partial charge in [0.1, 0.15) is 11.6 Å². The van der Waals surface area contributed by atoms with E-state index in [1.165, 1.54) is 34.3 Å². The Kier molecular flexibility index (Phi) is 4.67. The number of halogens is 2. The fourth-order valence-electron chi connectivity index (χ4n) is 3.57. The minimum atomic E-state index is -0.564. The molecular weight excluding hydrogens is 306 g/mol. The number of aromatic nitrogens is 1. The van der Waals surface area contributed by atoms with Crippen LogP contribution in [0.15, 0.2) is 42.5 Å². The van der Waals surface area contributed by atoms with Crippen molar-refractivity contribution in [3.63, 3.8) is 0 Å². The molecule has 1 heterocycles. The molecule has 4 heteroatoms. The van der Waals surface area contributed by atoms with Gasteiger partial charge in [-0.2, -0.15) is 0 Å². The third-order valence-corrected chi connectivity index (χ3v) is 4.82. The maximum Gasteiger partial charge on any atom is 0.129 e. The van der Waals surface area contributed by atoms with E-state index in [2.05, 4.69) is 30.5 Å². The van der Waals surface area contributed by atoms with Crippen molar-refractivity contribution in [2.24, 2.45) is 5.73 Å². The molecule has 0 saturated heterocycles. The van der Waals surface area contributed by atoms with E-state index >= 15 is 0 Å². The molecule has 0 spiro atoms. The lowest BCUT2D eigenvalue weighted by Crippen LogP contribution is -2.17. The summed E-state index contributed by atoms with van der Waals surface area (Å²) in [4.78, 5) is 0. The molecule has 0 amide bonds. The second kappa shape index (κ2) is 6.73. The molecule has 2 N–H and O–H groups in total. The Labute approximate surface area is 140 Å². The van der Waals surface area contributed by atoms with Crippen molar-refractivity contribution < 1.29 is 8.78 Å². The molecule has 0 aliphatic rings. The molecule has 1 aromatic heterocycles. The van der Waals surface area contributed by atoms with E-state index in [1.54, 1.807) is 0 Å². The van der Waals surface area contributed by atoms with Crippen LogP contribution >= 0.6 is 0 Å². The summed E-state index contributed by atoms with van der Waals surface area (Å²) in [6.07, 6.45) is 0.637. The molecule has 2 aromatic carbocycles. The fraction of sp³-hybridized carbons (Fsp3) is 0.300. The average Bonchev–Trinajstić information content (AvgIpc) is 2.84. The number of aryl methyl sites for hydroxylation is 1. The highest BCUT2D eigenvalue weighted by atomic mass is 19.1. The van der Waals surface area contributed by atoms with Gasteiger partial charge in [0.15, 0.2) is 0 Å². The first-order chi connectivity index (χ1) is 11.6. The topological polar surface area (TPSA) is 30.9 Å². The Bertz CT molecular complexity index is 867. The van der Waals surface area contributed by atoms with Gasteiger partial charge in [-0.15, -0.1) is 0 Å². The summed E-state index contributed by atoms with van der Waals surface area (Å²) < 4.78 is 29.6. The van der Waals surface area contributed by atoms with Gasteiger partial charge in [-0.1, -0.05) is 24.3 Å². The molecule has 0 saturated carbocycles. The molecule has 0 bridgehead atoms. The van der Waals surface area contributed by atoms with Gasteiger partial charge >= 0.3 is 0 Å². The lowest BCUT2D eigenvalue weighted by Gasteiger charge is -2.17. The highest BCUT2D eigenvalue weighted by Crippen LogP contribution is 2.31. The second-order valence-corrected chi connectivity index (χ2v) is 6.13. The lowest BCUT2D eigenvalue weighted by atomic mass is 9.90. The van der Waals surface area contributed by atoms with Gasteiger partial charge in [-0.05, 0) is 50.1 Å². The largest absolute Gasteiger partial charge is 0.345 e. The molecule has 0 radical (unpaired) electrons. The maximum absolute atomic E-state index is 14.2. The second-order valence-electron chi connectivity index (χ2n) is 6.13. The van der Waals surface area contributed by atoms with E-state index in [9.17, 15) is 8.78 Å². The van der Waals surface area contributed by atoms with Crippen molar-refractivity contribution in [3.05, 3.63) is 70.9 Å². The number of hydrogen-bond donors (Lipinski definition) is 1. The zero-order valence-electron chi connectivity index (χ0n) is 14.0. The Morgan fingerprint density at radius 1 is 1.12 bits per heavy atom. The minimum absolute atomic E-state index is 0.180. The van der Waals surface area contributed by atoms with Crippen molar-refractivity contribution in [1.29, 1.82) is 0 Å². The Balaban J connectivity index is 2.06. The monoisotopic (exact) mass is 328 g/mol. The molecule has 3 aromatic rings. The third-order valence-electron chi connectivity index (χ3n) is 4.82. The molecule has 24 heavy (non-hydrogen) atoms. The first-order valence-corrected chi connectivity index (χ1v) is 8.28. The van der Waals surface area contributed by atoms with Crippen LogP contribution in [0.3, 0.4) is 0 Å². The Hall–Kier alpha value is -2.20. The van der Waals surface area contributed by atoms with Gasteiger partial charge in [0.2, 0.25) is 0 Å². The highest BCUT2D eigenvalue weighted by Gasteiger charge is 2.20. The highest BCUT2D eigenvalue weighted by molar-refractivity contribution is 5.85. The summed E-state index contributed by atoms with van der Waals surface area (Å²) in [7, 11) is 0. The molecule has 2 nitrogen and oxygen atoms in total. The van der Waals surface area contributed by atoms with Crippen LogP contribution in [0.1, 0.15) is 29.7 Å². The van der Waals surface area contributed by atoms with Gasteiger partial charge in [0.05, 0.1) is 0 Å². The van der Waals surface area contributed by atoms with Crippen LogP contribution in [0.4, 0.5) is 8.78 Å². The zero-order chi connectivity index (χ0) is 17.3. The predicted octanol–water partition coefficient (Wildman–Crippen LogP) is 4.53. The number of nitrogens with zero attached hydrogens (tertiary/aromatic N) is 1. The van der Waals surface area contributed by atoms with Gasteiger partial charge < -0.3 is 10.3 Å². The van der Waals surface area contributed by atoms with Crippen molar-refractivity contribution in [3.8, 4) is 0 Å². The van der Waals surface area contributed by atoms with Crippen LogP contribution in [0.2, 0.25) is 0 Å². The Morgan fingerprint density at radius 3 is 2.54 bits per heavy atom. The number of nitrogens with two attached hydrogens (primary N) is 1. The van der Waals surface area contributed by atoms with E-state index in [4.69, 9.17) is 5.73 Å². The zero-order valence-corrected chi connectivity index (χ0v) is 14.0. The first-order valence-electron chi connectivity index (χ1n) is 8.28. The molecule has 3 rings (SSSR count). The average molecular weight is 328 g/mol. The van der Waals surface area contributed by atoms with Crippen LogP contribution in [0.25, 0.3) is 10.9 Å². The third kappa shape index (κ3) is 2.82. The van der Waals surface area contributed by atoms with E-state index in [0.29, 0.717) is 18.5 Å². The van der Waals surface area contributed by atoms with Gasteiger partial charge in [0.25, 0.3) is 0 Å². The van der Waals surface area contributed by atoms with E-state index < -0.39 is 11.6 Å². The SMILES string of the molecule is CCn1c(C)c(CC(CN)c2ccc(F)cc2F)c2ccccc21. The molecular formula is C20H22F2N2. The number of fused-ring (bicyclic) bond motifs is 1. The summed E-state index contributed by atoms with van der Waals surface area (Å²) in [5.41, 5.74) is 9.95. The van der Waals surface area contributed by atoms with Crippen LogP contribution in [0, 0.1) is 18.6 Å². The van der Waals surface area contributed by atoms with E-state index in [-0.39, 0.29) is 5.92 Å². The van der Waals surface area contributed by atoms with E-state index in [0.717, 1.165) is 12.6 Å². The molecule has 0 aliphatic heterocycles. The summed E-state index contributed by atoms with van der Waals surface area (Å²) in [5, 5.41) is 1.18. The predicted molar refractivity (Wildman–Crippen MR) is 94.2 cm³/mol. The number of benzene rings is 2. The smallest absolute Gasteiger partial charge is 0.129 e. The molecule has 1 atom stereocenters. The van der Waals surface area contributed by atoms with Crippen LogP contribution < -0.4 is 5.73 Å². The van der Waals surface area contributed by atoms with Crippen molar-refractivity contribution in [1.82, 2.24) is 4.57 Å². The summed E-state index contributed by atoms with van der Waals surface area (Å²) in [6.45, 7) is 5.40. The quantitative estimate of drug-likeness (QED) is 0.733. The standard InChI is InChI=1S/C20H22F2N2/c1-3-24-13(2)18(17-6-4-5-7-20(17)24)10-14(12-23)16-9-8-15(21)11-19(16)22/h4-9,11,14H,3,10,12,23H2,1-2H3. The van der Waals surface area contributed by atoms with Crippen molar-refractivity contribution >= 4 is 10.9 Å². The summed E-state index contributed by atoms with van der Waals surface area (Å²) in [5.74, 6) is -1.27. The number of hydrogen-bond acceptors (Lipinski definition) is 1. The lowest BCUT2D eigenvalue weighted by molar-refractivity contribution is 0.551. The number of para-hydroxylation sites is 1. The fourth-order valence-corrected chi connectivity index (χ4v) is 3.57. The van der Waals surface area contributed by atoms with Crippen molar-refractivity contribution in [2.75, 3.05) is 6.54 Å².